The summed E-state index contributed by atoms with van der Waals surface area (Å²) in [7, 11) is 0. The predicted molar refractivity (Wildman–Crippen MR) is 94.4 cm³/mol. The van der Waals surface area contributed by atoms with Gasteiger partial charge in [0.15, 0.2) is 17.1 Å². The van der Waals surface area contributed by atoms with E-state index in [0.717, 1.165) is 6.07 Å². The average Bonchev–Trinajstić information content (AvgIpc) is 3.07. The molecule has 2 aliphatic rings. The summed E-state index contributed by atoms with van der Waals surface area (Å²) < 4.78 is 49.2. The molecule has 2 unspecified atom stereocenters. The zero-order valence-electron chi connectivity index (χ0n) is 16.7. The van der Waals surface area contributed by atoms with Crippen molar-refractivity contribution in [3.8, 4) is 17.1 Å². The van der Waals surface area contributed by atoms with Crippen molar-refractivity contribution >= 4 is 0 Å². The van der Waals surface area contributed by atoms with Crippen molar-refractivity contribution in [1.29, 1.82) is 0 Å². The van der Waals surface area contributed by atoms with Gasteiger partial charge in [0.25, 0.3) is 5.79 Å². The van der Waals surface area contributed by atoms with E-state index in [9.17, 15) is 18.3 Å². The monoisotopic (exact) mass is 413 g/mol. The van der Waals surface area contributed by atoms with Crippen LogP contribution in [0, 0.1) is 10.8 Å². The number of nitrogens with zero attached hydrogens (tertiary/aromatic N) is 1. The lowest BCUT2D eigenvalue weighted by molar-refractivity contribution is -0.626. The van der Waals surface area contributed by atoms with Crippen molar-refractivity contribution in [2.45, 2.75) is 52.2 Å². The summed E-state index contributed by atoms with van der Waals surface area (Å²) in [5, 5.41) is 13.6. The van der Waals surface area contributed by atoms with E-state index in [2.05, 4.69) is 5.16 Å². The molecule has 29 heavy (non-hydrogen) atoms. The minimum absolute atomic E-state index is 0.0759. The molecular weight excluding hydrogens is 391 g/mol. The number of fused-ring (bicyclic) bond motifs is 1. The maximum absolute atomic E-state index is 12.8. The second-order valence-corrected chi connectivity index (χ2v) is 9.19. The van der Waals surface area contributed by atoms with Crippen LogP contribution in [0.25, 0.3) is 11.3 Å². The van der Waals surface area contributed by atoms with E-state index < -0.39 is 28.7 Å². The van der Waals surface area contributed by atoms with Gasteiger partial charge in [-0.2, -0.15) is 18.1 Å². The van der Waals surface area contributed by atoms with Crippen molar-refractivity contribution in [3.63, 3.8) is 0 Å². The number of aromatic nitrogens is 1. The lowest BCUT2D eigenvalue weighted by Gasteiger charge is -2.61. The molecule has 1 N–H and O–H groups in total. The smallest absolute Gasteiger partial charge is 0.436 e. The van der Waals surface area contributed by atoms with E-state index in [4.69, 9.17) is 19.0 Å². The molecule has 1 aromatic carbocycles. The Labute approximate surface area is 165 Å². The fourth-order valence-electron chi connectivity index (χ4n) is 4.72. The van der Waals surface area contributed by atoms with Crippen LogP contribution in [0.1, 0.15) is 45.9 Å². The number of phenolic OH excluding ortho intramolecular Hbond substituents is 1. The number of rotatable bonds is 2. The lowest BCUT2D eigenvalue weighted by Crippen LogP contribution is -2.72. The van der Waals surface area contributed by atoms with E-state index >= 15 is 0 Å². The summed E-state index contributed by atoms with van der Waals surface area (Å²) in [5.74, 6) is -1.73. The molecule has 0 spiro atoms. The van der Waals surface area contributed by atoms with Crippen LogP contribution in [0.15, 0.2) is 28.8 Å². The summed E-state index contributed by atoms with van der Waals surface area (Å²) in [6.45, 7) is 10.4. The normalized spacial score (nSPS) is 28.8. The fraction of sp³-hybridized carbons (Fsp3) is 0.550. The van der Waals surface area contributed by atoms with Gasteiger partial charge in [0.1, 0.15) is 5.75 Å². The number of hydrogen-bond acceptors (Lipinski definition) is 6. The first-order valence-corrected chi connectivity index (χ1v) is 9.14. The van der Waals surface area contributed by atoms with Crippen molar-refractivity contribution < 1.29 is 37.3 Å². The van der Waals surface area contributed by atoms with Gasteiger partial charge in [-0.25, -0.2) is 4.89 Å². The average molecular weight is 413 g/mol. The summed E-state index contributed by atoms with van der Waals surface area (Å²) in [5.41, 5.74) is -2.21. The van der Waals surface area contributed by atoms with Crippen molar-refractivity contribution in [1.82, 2.24) is 5.16 Å². The third-order valence-corrected chi connectivity index (χ3v) is 5.84. The zero-order valence-corrected chi connectivity index (χ0v) is 16.7. The van der Waals surface area contributed by atoms with Crippen LogP contribution < -0.4 is 0 Å². The Morgan fingerprint density at radius 2 is 1.76 bits per heavy atom. The van der Waals surface area contributed by atoms with E-state index in [1.165, 1.54) is 12.1 Å². The number of halogens is 3. The predicted octanol–water partition coefficient (Wildman–Crippen LogP) is 5.02. The molecule has 2 saturated heterocycles. The van der Waals surface area contributed by atoms with Gasteiger partial charge in [0.2, 0.25) is 0 Å². The molecule has 158 valence electrons. The molecule has 2 fully saturated rings. The zero-order chi connectivity index (χ0) is 21.5. The molecule has 0 radical (unpaired) electrons. The lowest BCUT2D eigenvalue weighted by atomic mass is 9.57. The van der Waals surface area contributed by atoms with Crippen LogP contribution in [-0.4, -0.2) is 22.5 Å². The molecule has 0 amide bonds. The topological polar surface area (TPSA) is 74.0 Å². The van der Waals surface area contributed by atoms with E-state index in [1.807, 2.05) is 34.6 Å². The number of hydrogen-bond donors (Lipinski definition) is 1. The molecular formula is C20H22F3NO5. The summed E-state index contributed by atoms with van der Waals surface area (Å²) in [4.78, 5) is 11.2. The molecule has 3 heterocycles. The quantitative estimate of drug-likeness (QED) is 0.697. The Hall–Kier alpha value is -2.10. The molecule has 0 saturated carbocycles. The van der Waals surface area contributed by atoms with Crippen LogP contribution in [0.3, 0.4) is 0 Å². The molecule has 2 aliphatic heterocycles. The van der Waals surface area contributed by atoms with Gasteiger partial charge in [-0.1, -0.05) is 45.8 Å². The Morgan fingerprint density at radius 1 is 1.07 bits per heavy atom. The first kappa shape index (κ1) is 20.2. The summed E-state index contributed by atoms with van der Waals surface area (Å²) in [6.07, 6.45) is -4.64. The largest absolute Gasteiger partial charge is 0.507 e. The van der Waals surface area contributed by atoms with Gasteiger partial charge in [-0.15, -0.1) is 0 Å². The molecule has 0 aliphatic carbocycles. The SMILES string of the molecule is CC(C)(C)C12OOC1(c1ccc(-c3cc(C(F)(F)F)no3)c(O)c1)OCC2(C)C. The summed E-state index contributed by atoms with van der Waals surface area (Å²) in [6, 6.07) is 5.21. The molecule has 1 aromatic heterocycles. The first-order chi connectivity index (χ1) is 13.3. The number of alkyl halides is 3. The third kappa shape index (κ3) is 2.50. The maximum Gasteiger partial charge on any atom is 0.436 e. The minimum Gasteiger partial charge on any atom is -0.507 e. The van der Waals surface area contributed by atoms with Crippen LogP contribution in [-0.2, 0) is 26.5 Å². The van der Waals surface area contributed by atoms with E-state index in [0.29, 0.717) is 12.2 Å². The Morgan fingerprint density at radius 3 is 2.24 bits per heavy atom. The number of benzene rings is 1. The fourth-order valence-corrected chi connectivity index (χ4v) is 4.72. The second kappa shape index (κ2) is 5.74. The molecule has 9 heteroatoms. The highest BCUT2D eigenvalue weighted by molar-refractivity contribution is 5.66. The molecule has 6 nitrogen and oxygen atoms in total. The number of phenols is 1. The van der Waals surface area contributed by atoms with Crippen LogP contribution in [0.2, 0.25) is 0 Å². The Kier molecular flexibility index (Phi) is 3.99. The van der Waals surface area contributed by atoms with Crippen LogP contribution in [0.5, 0.6) is 5.75 Å². The van der Waals surface area contributed by atoms with Gasteiger partial charge < -0.3 is 14.4 Å². The van der Waals surface area contributed by atoms with Crippen molar-refractivity contribution in [3.05, 3.63) is 35.5 Å². The standard InChI is InChI=1S/C20H22F3NO5/c1-16(2,3)20-17(4,5)10-26-18(20,28-29-20)11-6-7-12(13(25)8-11)14-9-15(24-27-14)19(21,22)23/h6-9,25H,10H2,1-5H3. The van der Waals surface area contributed by atoms with Crippen molar-refractivity contribution in [2.75, 3.05) is 6.61 Å². The van der Waals surface area contributed by atoms with Gasteiger partial charge in [-0.05, 0) is 12.1 Å². The number of ether oxygens (including phenoxy) is 1. The molecule has 4 rings (SSSR count). The van der Waals surface area contributed by atoms with Crippen molar-refractivity contribution in [2.24, 2.45) is 10.8 Å². The van der Waals surface area contributed by atoms with Crippen LogP contribution >= 0.6 is 0 Å². The Balaban J connectivity index is 1.77. The highest BCUT2D eigenvalue weighted by Gasteiger charge is 2.81. The van der Waals surface area contributed by atoms with Gasteiger partial charge in [0.05, 0.1) is 12.2 Å². The minimum atomic E-state index is -4.64. The van der Waals surface area contributed by atoms with E-state index in [-0.39, 0.29) is 22.5 Å². The second-order valence-electron chi connectivity index (χ2n) is 9.19. The van der Waals surface area contributed by atoms with Crippen LogP contribution in [0.4, 0.5) is 13.2 Å². The molecule has 2 aromatic rings. The van der Waals surface area contributed by atoms with Gasteiger partial charge in [-0.3, -0.25) is 0 Å². The van der Waals surface area contributed by atoms with E-state index in [1.54, 1.807) is 6.07 Å². The molecule has 2 atom stereocenters. The van der Waals surface area contributed by atoms with Gasteiger partial charge >= 0.3 is 6.18 Å². The molecule has 0 bridgehead atoms. The number of aromatic hydroxyl groups is 1. The van der Waals surface area contributed by atoms with Gasteiger partial charge in [0, 0.05) is 22.5 Å². The highest BCUT2D eigenvalue weighted by Crippen LogP contribution is 2.69. The Bertz CT molecular complexity index is 962. The highest BCUT2D eigenvalue weighted by atomic mass is 19.4. The first-order valence-electron chi connectivity index (χ1n) is 9.14. The maximum atomic E-state index is 12.8. The summed E-state index contributed by atoms with van der Waals surface area (Å²) >= 11 is 0. The third-order valence-electron chi connectivity index (χ3n) is 5.84.